The number of aromatic nitrogens is 3. The number of likely N-dealkylation sites (tertiary alicyclic amines) is 1. The minimum atomic E-state index is -1.34. The van der Waals surface area contributed by atoms with E-state index in [2.05, 4.69) is 35.4 Å². The Morgan fingerprint density at radius 1 is 1.13 bits per heavy atom. The average Bonchev–Trinajstić information content (AvgIpc) is 3.38. The lowest BCUT2D eigenvalue weighted by molar-refractivity contribution is 0.0790. The first-order valence-corrected chi connectivity index (χ1v) is 12.8. The summed E-state index contributed by atoms with van der Waals surface area (Å²) in [4.78, 5) is 17.3. The van der Waals surface area contributed by atoms with Crippen LogP contribution in [0.1, 0.15) is 32.3 Å². The summed E-state index contributed by atoms with van der Waals surface area (Å²) in [5.41, 5.74) is 7.78. The molecule has 38 heavy (non-hydrogen) atoms. The molecule has 1 saturated heterocycles. The number of nitrogens with two attached hydrogens (primary N) is 1. The van der Waals surface area contributed by atoms with Crippen molar-refractivity contribution in [3.8, 4) is 5.75 Å². The van der Waals surface area contributed by atoms with Gasteiger partial charge in [0.1, 0.15) is 17.9 Å². The van der Waals surface area contributed by atoms with Crippen LogP contribution in [0.25, 0.3) is 0 Å². The van der Waals surface area contributed by atoms with Gasteiger partial charge < -0.3 is 36.0 Å². The van der Waals surface area contributed by atoms with Crippen LogP contribution < -0.4 is 26.0 Å². The van der Waals surface area contributed by atoms with Gasteiger partial charge in [-0.2, -0.15) is 4.98 Å². The summed E-state index contributed by atoms with van der Waals surface area (Å²) in [6, 6.07) is 6.23. The molecule has 0 amide bonds. The number of nitrogen functional groups attached to an aromatic ring is 1. The molecule has 10 nitrogen and oxygen atoms in total. The maximum absolute atomic E-state index is 14.1. The van der Waals surface area contributed by atoms with Gasteiger partial charge in [0.05, 0.1) is 34.8 Å². The van der Waals surface area contributed by atoms with Gasteiger partial charge in [0.15, 0.2) is 0 Å². The molecular weight excluding hydrogens is 511 g/mol. The molecule has 12 heteroatoms. The molecule has 1 aromatic heterocycles. The number of hydrogen-bond acceptors (Lipinski definition) is 10. The second-order valence-electron chi connectivity index (χ2n) is 9.84. The van der Waals surface area contributed by atoms with Crippen molar-refractivity contribution in [3.05, 3.63) is 47.0 Å². The van der Waals surface area contributed by atoms with Crippen LogP contribution in [0.4, 0.5) is 39.0 Å². The van der Waals surface area contributed by atoms with E-state index in [9.17, 15) is 9.50 Å². The van der Waals surface area contributed by atoms with Gasteiger partial charge in [-0.25, -0.2) is 14.4 Å². The SMILES string of the molecule is COc1cc(N(C)CCN2CCCC2)c(N)cc1Nc1ncnc(Nc2cc(Cl)c(F)cc2C(C)(C)O)n1. The zero-order valence-corrected chi connectivity index (χ0v) is 22.8. The Labute approximate surface area is 227 Å². The van der Waals surface area contributed by atoms with Crippen LogP contribution >= 0.6 is 11.6 Å². The van der Waals surface area contributed by atoms with Crippen LogP contribution in [0.3, 0.4) is 0 Å². The molecule has 0 bridgehead atoms. The van der Waals surface area contributed by atoms with Crippen LogP contribution in [-0.2, 0) is 5.60 Å². The minimum Gasteiger partial charge on any atom is -0.494 e. The van der Waals surface area contributed by atoms with E-state index < -0.39 is 11.4 Å². The van der Waals surface area contributed by atoms with Crippen molar-refractivity contribution in [1.29, 1.82) is 0 Å². The molecule has 1 aliphatic heterocycles. The van der Waals surface area contributed by atoms with Crippen LogP contribution in [0.5, 0.6) is 5.75 Å². The molecular formula is C26H34ClFN8O2. The van der Waals surface area contributed by atoms with Crippen LogP contribution in [0.2, 0.25) is 5.02 Å². The van der Waals surface area contributed by atoms with Gasteiger partial charge in [0, 0.05) is 37.5 Å². The Hall–Kier alpha value is -3.41. The third-order valence-electron chi connectivity index (χ3n) is 6.49. The van der Waals surface area contributed by atoms with Crippen LogP contribution in [0, 0.1) is 5.82 Å². The van der Waals surface area contributed by atoms with Crippen LogP contribution in [-0.4, -0.2) is 65.3 Å². The molecule has 204 valence electrons. The number of rotatable bonds is 10. The summed E-state index contributed by atoms with van der Waals surface area (Å²) < 4.78 is 19.7. The summed E-state index contributed by atoms with van der Waals surface area (Å²) in [7, 11) is 3.60. The van der Waals surface area contributed by atoms with Gasteiger partial charge in [0.25, 0.3) is 0 Å². The number of halogens is 2. The van der Waals surface area contributed by atoms with Crippen LogP contribution in [0.15, 0.2) is 30.6 Å². The van der Waals surface area contributed by atoms with E-state index in [0.717, 1.165) is 31.9 Å². The quantitative estimate of drug-likeness (QED) is 0.271. The Kier molecular flexibility index (Phi) is 8.39. The first kappa shape index (κ1) is 27.6. The molecule has 1 aliphatic rings. The summed E-state index contributed by atoms with van der Waals surface area (Å²) in [6.07, 6.45) is 3.84. The average molecular weight is 545 g/mol. The molecule has 2 heterocycles. The van der Waals surface area contributed by atoms with Crippen molar-refractivity contribution in [1.82, 2.24) is 19.9 Å². The number of ether oxygens (including phenoxy) is 1. The number of benzene rings is 2. The predicted molar refractivity (Wildman–Crippen MR) is 149 cm³/mol. The lowest BCUT2D eigenvalue weighted by atomic mass is 9.96. The van der Waals surface area contributed by atoms with E-state index in [0.29, 0.717) is 28.4 Å². The number of methoxy groups -OCH3 is 1. The highest BCUT2D eigenvalue weighted by Gasteiger charge is 2.23. The molecule has 0 atom stereocenters. The predicted octanol–water partition coefficient (Wildman–Crippen LogP) is 4.50. The standard InChI is InChI=1S/C26H34ClFN8O2/c1-26(2,37)16-11-18(28)17(27)12-20(16)32-24-30-15-31-25(34-24)33-21-13-19(29)22(14-23(21)38-4)35(3)9-10-36-7-5-6-8-36/h11-15,37H,5-10,29H2,1-4H3,(H2,30,31,32,33,34). The third-order valence-corrected chi connectivity index (χ3v) is 6.78. The lowest BCUT2D eigenvalue weighted by Crippen LogP contribution is -2.31. The smallest absolute Gasteiger partial charge is 0.232 e. The first-order valence-electron chi connectivity index (χ1n) is 12.4. The second kappa shape index (κ2) is 11.5. The lowest BCUT2D eigenvalue weighted by Gasteiger charge is -2.25. The van der Waals surface area contributed by atoms with E-state index in [-0.39, 0.29) is 16.9 Å². The molecule has 0 aliphatic carbocycles. The largest absolute Gasteiger partial charge is 0.494 e. The van der Waals surface area contributed by atoms with Crippen molar-refractivity contribution in [3.63, 3.8) is 0 Å². The highest BCUT2D eigenvalue weighted by molar-refractivity contribution is 6.31. The molecule has 3 aromatic rings. The van der Waals surface area contributed by atoms with Gasteiger partial charge in [-0.15, -0.1) is 0 Å². The van der Waals surface area contributed by atoms with Gasteiger partial charge in [-0.1, -0.05) is 11.6 Å². The monoisotopic (exact) mass is 544 g/mol. The maximum Gasteiger partial charge on any atom is 0.232 e. The number of anilines is 6. The normalized spacial score (nSPS) is 14.0. The van der Waals surface area contributed by atoms with Gasteiger partial charge in [-0.3, -0.25) is 0 Å². The number of hydrogen-bond donors (Lipinski definition) is 4. The van der Waals surface area contributed by atoms with Crippen molar-refractivity contribution in [2.75, 3.05) is 61.6 Å². The van der Waals surface area contributed by atoms with Gasteiger partial charge in [-0.05, 0) is 58.0 Å². The van der Waals surface area contributed by atoms with Crippen molar-refractivity contribution < 1.29 is 14.2 Å². The summed E-state index contributed by atoms with van der Waals surface area (Å²) >= 11 is 5.98. The maximum atomic E-state index is 14.1. The Morgan fingerprint density at radius 2 is 1.79 bits per heavy atom. The molecule has 0 saturated carbocycles. The van der Waals surface area contributed by atoms with E-state index in [1.54, 1.807) is 27.0 Å². The van der Waals surface area contributed by atoms with Gasteiger partial charge >= 0.3 is 0 Å². The first-order chi connectivity index (χ1) is 18.0. The van der Waals surface area contributed by atoms with E-state index in [1.165, 1.54) is 31.3 Å². The molecule has 2 aromatic carbocycles. The van der Waals surface area contributed by atoms with Gasteiger partial charge in [0.2, 0.25) is 11.9 Å². The molecule has 1 fully saturated rings. The Morgan fingerprint density at radius 3 is 2.42 bits per heavy atom. The van der Waals surface area contributed by atoms with Crippen molar-refractivity contribution >= 4 is 46.2 Å². The van der Waals surface area contributed by atoms with E-state index in [4.69, 9.17) is 22.1 Å². The summed E-state index contributed by atoms with van der Waals surface area (Å²) in [5, 5.41) is 16.5. The Bertz CT molecular complexity index is 1280. The van der Waals surface area contributed by atoms with E-state index >= 15 is 0 Å². The summed E-state index contributed by atoms with van der Waals surface area (Å²) in [6.45, 7) is 7.21. The minimum absolute atomic E-state index is 0.0985. The highest BCUT2D eigenvalue weighted by Crippen LogP contribution is 2.37. The fraction of sp³-hybridized carbons (Fsp3) is 0.423. The number of likely N-dealkylation sites (N-methyl/N-ethyl adjacent to an activating group) is 1. The second-order valence-corrected chi connectivity index (χ2v) is 10.2. The number of aliphatic hydroxyl groups is 1. The van der Waals surface area contributed by atoms with Crippen molar-refractivity contribution in [2.24, 2.45) is 0 Å². The van der Waals surface area contributed by atoms with Crippen molar-refractivity contribution in [2.45, 2.75) is 32.3 Å². The molecule has 0 unspecified atom stereocenters. The molecule has 4 rings (SSSR count). The fourth-order valence-corrected chi connectivity index (χ4v) is 4.58. The topological polar surface area (TPSA) is 125 Å². The third kappa shape index (κ3) is 6.53. The highest BCUT2D eigenvalue weighted by atomic mass is 35.5. The zero-order chi connectivity index (χ0) is 27.4. The molecule has 0 spiro atoms. The molecule has 5 N–H and O–H groups in total. The molecule has 0 radical (unpaired) electrons. The van der Waals surface area contributed by atoms with E-state index in [1.807, 2.05) is 13.1 Å². The number of nitrogens with zero attached hydrogens (tertiary/aromatic N) is 5. The Balaban J connectivity index is 1.53. The number of nitrogens with one attached hydrogen (secondary N) is 2. The summed E-state index contributed by atoms with van der Waals surface area (Å²) in [5.74, 6) is 0.336. The fourth-order valence-electron chi connectivity index (χ4n) is 4.42. The zero-order valence-electron chi connectivity index (χ0n) is 22.1.